The van der Waals surface area contributed by atoms with E-state index < -0.39 is 0 Å². The van der Waals surface area contributed by atoms with Crippen LogP contribution in [0.3, 0.4) is 0 Å². The molecule has 8 heavy (non-hydrogen) atoms. The van der Waals surface area contributed by atoms with Crippen molar-refractivity contribution in [2.24, 2.45) is 0 Å². The molecular formula is H13ClO6Pt+4. The summed E-state index contributed by atoms with van der Waals surface area (Å²) in [6.45, 7) is 0. The van der Waals surface area contributed by atoms with Gasteiger partial charge < -0.3 is 32.9 Å². The van der Waals surface area contributed by atoms with Crippen LogP contribution in [0.2, 0.25) is 0 Å². The summed E-state index contributed by atoms with van der Waals surface area (Å²) in [7, 11) is 0. The summed E-state index contributed by atoms with van der Waals surface area (Å²) in [5, 5.41) is 0. The Morgan fingerprint density at radius 2 is 0.375 bits per heavy atom. The molecule has 62 valence electrons. The Morgan fingerprint density at radius 1 is 0.375 bits per heavy atom. The van der Waals surface area contributed by atoms with Gasteiger partial charge in [0, 0.05) is 0 Å². The maximum atomic E-state index is 0. The first-order valence-corrected chi connectivity index (χ1v) is 0. The zero-order valence-electron chi connectivity index (χ0n) is 3.72. The van der Waals surface area contributed by atoms with Crippen LogP contribution in [-0.2, 0) is 21.1 Å². The van der Waals surface area contributed by atoms with Crippen LogP contribution in [0, 0.1) is 0 Å². The molecule has 0 radical (unpaired) electrons. The molecule has 0 heterocycles. The molecule has 0 bridgehead atoms. The molecule has 0 aromatic heterocycles. The van der Waals surface area contributed by atoms with Crippen molar-refractivity contribution in [1.82, 2.24) is 0 Å². The van der Waals surface area contributed by atoms with E-state index in [-0.39, 0.29) is 66.3 Å². The van der Waals surface area contributed by atoms with Crippen LogP contribution in [0.15, 0.2) is 0 Å². The van der Waals surface area contributed by atoms with Crippen LogP contribution in [0.1, 0.15) is 0 Å². The van der Waals surface area contributed by atoms with E-state index in [0.29, 0.717) is 0 Å². The van der Waals surface area contributed by atoms with Gasteiger partial charge in [0.25, 0.3) is 0 Å². The quantitative estimate of drug-likeness (QED) is 0.411. The van der Waals surface area contributed by atoms with Crippen LogP contribution in [0.5, 0.6) is 0 Å². The van der Waals surface area contributed by atoms with E-state index >= 15 is 0 Å². The molecule has 0 spiro atoms. The molecule has 0 aromatic rings. The fourth-order valence-corrected chi connectivity index (χ4v) is 0. The van der Waals surface area contributed by atoms with E-state index in [1.807, 2.05) is 0 Å². The van der Waals surface area contributed by atoms with Crippen LogP contribution >= 0.6 is 12.4 Å². The third-order valence-electron chi connectivity index (χ3n) is 0. The third kappa shape index (κ3) is 407. The molecular weight excluding hydrogens is 327 g/mol. The summed E-state index contributed by atoms with van der Waals surface area (Å²) in [4.78, 5) is 0. The fraction of sp³-hybridized carbons (Fsp3) is 0. The summed E-state index contributed by atoms with van der Waals surface area (Å²) >= 11 is 0. The summed E-state index contributed by atoms with van der Waals surface area (Å²) in [5.74, 6) is 0. The monoisotopic (exact) mass is 339 g/mol. The van der Waals surface area contributed by atoms with Crippen molar-refractivity contribution in [2.75, 3.05) is 0 Å². The molecule has 0 aromatic carbocycles. The van der Waals surface area contributed by atoms with Crippen LogP contribution in [0.4, 0.5) is 0 Å². The minimum atomic E-state index is 0. The standard InChI is InChI=1S/ClH.6H2O.Pt/h1H;6*1H2;/q;;;;;;;+4. The maximum absolute atomic E-state index is 0. The number of hydrogen-bond acceptors (Lipinski definition) is 0. The molecule has 0 saturated carbocycles. The van der Waals surface area contributed by atoms with Gasteiger partial charge in [-0.15, -0.1) is 12.4 Å². The normalized spacial score (nSPS) is 0. The summed E-state index contributed by atoms with van der Waals surface area (Å²) in [6, 6.07) is 0. The van der Waals surface area contributed by atoms with E-state index in [4.69, 9.17) is 0 Å². The first-order chi connectivity index (χ1) is 0. The van der Waals surface area contributed by atoms with Crippen molar-refractivity contribution in [3.05, 3.63) is 0 Å². The Kier molecular flexibility index (Phi) is 77300. The van der Waals surface area contributed by atoms with Gasteiger partial charge in [-0.25, -0.2) is 0 Å². The van der Waals surface area contributed by atoms with Gasteiger partial charge in [-0.1, -0.05) is 0 Å². The molecule has 0 amide bonds. The predicted molar refractivity (Wildman–Crippen MR) is 28.9 cm³/mol. The molecule has 0 atom stereocenters. The zero-order chi connectivity index (χ0) is 0. The predicted octanol–water partition coefficient (Wildman–Crippen LogP) is -4.53. The largest absolute Gasteiger partial charge is 4.00 e. The Morgan fingerprint density at radius 3 is 0.375 bits per heavy atom. The number of rotatable bonds is 0. The van der Waals surface area contributed by atoms with Gasteiger partial charge >= 0.3 is 21.1 Å². The van der Waals surface area contributed by atoms with E-state index in [0.717, 1.165) is 0 Å². The summed E-state index contributed by atoms with van der Waals surface area (Å²) in [5.41, 5.74) is 0. The minimum Gasteiger partial charge on any atom is -0.412 e. The molecule has 6 nitrogen and oxygen atoms in total. The van der Waals surface area contributed by atoms with E-state index in [2.05, 4.69) is 0 Å². The smallest absolute Gasteiger partial charge is 0.412 e. The molecule has 0 aliphatic heterocycles. The van der Waals surface area contributed by atoms with Crippen LogP contribution in [-0.4, -0.2) is 32.9 Å². The van der Waals surface area contributed by atoms with Crippen molar-refractivity contribution < 1.29 is 53.9 Å². The maximum Gasteiger partial charge on any atom is 4.00 e. The van der Waals surface area contributed by atoms with Crippen molar-refractivity contribution in [2.45, 2.75) is 0 Å². The number of hydrogen-bond donors (Lipinski definition) is 0. The van der Waals surface area contributed by atoms with Gasteiger partial charge in [-0.3, -0.25) is 0 Å². The van der Waals surface area contributed by atoms with E-state index in [9.17, 15) is 0 Å². The average molecular weight is 340 g/mol. The second-order valence-corrected chi connectivity index (χ2v) is 0. The molecule has 8 heteroatoms. The molecule has 0 saturated heterocycles. The molecule has 0 unspecified atom stereocenters. The number of halogens is 1. The average Bonchev–Trinajstić information content (AvgIpc) is 0. The first-order valence-electron chi connectivity index (χ1n) is 0. The van der Waals surface area contributed by atoms with Crippen molar-refractivity contribution in [3.8, 4) is 0 Å². The van der Waals surface area contributed by atoms with Gasteiger partial charge in [0.1, 0.15) is 0 Å². The zero-order valence-corrected chi connectivity index (χ0v) is 6.81. The van der Waals surface area contributed by atoms with Crippen molar-refractivity contribution in [3.63, 3.8) is 0 Å². The van der Waals surface area contributed by atoms with Crippen molar-refractivity contribution >= 4 is 12.4 Å². The van der Waals surface area contributed by atoms with E-state index in [1.165, 1.54) is 0 Å². The van der Waals surface area contributed by atoms with Gasteiger partial charge in [-0.2, -0.15) is 0 Å². The molecule has 0 fully saturated rings. The Labute approximate surface area is 66.8 Å². The second kappa shape index (κ2) is 645. The Bertz CT molecular complexity index is 8.49. The van der Waals surface area contributed by atoms with E-state index in [1.54, 1.807) is 0 Å². The van der Waals surface area contributed by atoms with Gasteiger partial charge in [-0.05, 0) is 0 Å². The summed E-state index contributed by atoms with van der Waals surface area (Å²) < 4.78 is 0. The van der Waals surface area contributed by atoms with Crippen LogP contribution in [0.25, 0.3) is 0 Å². The Balaban J connectivity index is 0. The fourth-order valence-electron chi connectivity index (χ4n) is 0. The topological polar surface area (TPSA) is 189 Å². The van der Waals surface area contributed by atoms with Gasteiger partial charge in [0.15, 0.2) is 0 Å². The Hall–Kier alpha value is 0.738. The van der Waals surface area contributed by atoms with Gasteiger partial charge in [0.05, 0.1) is 0 Å². The third-order valence-corrected chi connectivity index (χ3v) is 0. The van der Waals surface area contributed by atoms with Crippen molar-refractivity contribution in [1.29, 1.82) is 0 Å². The second-order valence-electron chi connectivity index (χ2n) is 0. The molecule has 12 N–H and O–H groups in total. The summed E-state index contributed by atoms with van der Waals surface area (Å²) in [6.07, 6.45) is 0. The SMILES string of the molecule is Cl.O.O.O.O.O.O.[Pt+4]. The first kappa shape index (κ1) is 960. The van der Waals surface area contributed by atoms with Crippen LogP contribution < -0.4 is 0 Å². The molecule has 0 aliphatic carbocycles. The molecule has 0 rings (SSSR count). The molecule has 0 aliphatic rings. The van der Waals surface area contributed by atoms with Gasteiger partial charge in [0.2, 0.25) is 0 Å². The minimum absolute atomic E-state index is 0.